The summed E-state index contributed by atoms with van der Waals surface area (Å²) in [6.07, 6.45) is 0. The number of rotatable bonds is 9. The predicted octanol–water partition coefficient (Wildman–Crippen LogP) is 3.67. The Hall–Kier alpha value is -2.87. The van der Waals surface area contributed by atoms with E-state index in [0.717, 1.165) is 10.0 Å². The number of para-hydroxylation sites is 1. The maximum Gasteiger partial charge on any atom is 0.255 e. The van der Waals surface area contributed by atoms with E-state index in [9.17, 15) is 14.4 Å². The van der Waals surface area contributed by atoms with E-state index in [4.69, 9.17) is 4.74 Å². The molecule has 0 saturated heterocycles. The molecule has 8 heteroatoms. The van der Waals surface area contributed by atoms with E-state index in [0.29, 0.717) is 23.6 Å². The van der Waals surface area contributed by atoms with Crippen LogP contribution >= 0.6 is 15.9 Å². The SMILES string of the molecule is CCOc1ccccc1C(=O)N[C@H](C(=O)NCC(=O)Nc1ccc(Br)cc1C)C(C)C. The van der Waals surface area contributed by atoms with E-state index >= 15 is 0 Å². The van der Waals surface area contributed by atoms with Crippen LogP contribution in [0.3, 0.4) is 0 Å². The summed E-state index contributed by atoms with van der Waals surface area (Å²) in [5.41, 5.74) is 1.92. The lowest BCUT2D eigenvalue weighted by Crippen LogP contribution is -2.51. The molecule has 2 aromatic carbocycles. The fraction of sp³-hybridized carbons (Fsp3) is 0.348. The molecule has 0 unspecified atom stereocenters. The van der Waals surface area contributed by atoms with Crippen LogP contribution in [-0.2, 0) is 9.59 Å². The molecule has 0 fully saturated rings. The second-order valence-electron chi connectivity index (χ2n) is 7.35. The molecule has 0 saturated carbocycles. The molecule has 2 aromatic rings. The van der Waals surface area contributed by atoms with Crippen molar-refractivity contribution in [3.63, 3.8) is 0 Å². The summed E-state index contributed by atoms with van der Waals surface area (Å²) in [7, 11) is 0. The van der Waals surface area contributed by atoms with Gasteiger partial charge in [-0.2, -0.15) is 0 Å². The minimum Gasteiger partial charge on any atom is -0.493 e. The lowest BCUT2D eigenvalue weighted by Gasteiger charge is -2.22. The summed E-state index contributed by atoms with van der Waals surface area (Å²) < 4.78 is 6.41. The first-order valence-electron chi connectivity index (χ1n) is 10.1. The van der Waals surface area contributed by atoms with Gasteiger partial charge in [0.15, 0.2) is 0 Å². The van der Waals surface area contributed by atoms with Crippen molar-refractivity contribution in [3.05, 3.63) is 58.1 Å². The van der Waals surface area contributed by atoms with Gasteiger partial charge >= 0.3 is 0 Å². The molecule has 0 aromatic heterocycles. The lowest BCUT2D eigenvalue weighted by molar-refractivity contribution is -0.126. The Balaban J connectivity index is 1.99. The molecule has 0 aliphatic heterocycles. The van der Waals surface area contributed by atoms with Crippen LogP contribution in [0.25, 0.3) is 0 Å². The second-order valence-corrected chi connectivity index (χ2v) is 8.27. The summed E-state index contributed by atoms with van der Waals surface area (Å²) in [5, 5.41) is 8.13. The molecule has 3 amide bonds. The minimum absolute atomic E-state index is 0.181. The van der Waals surface area contributed by atoms with Gasteiger partial charge in [-0.3, -0.25) is 14.4 Å². The number of hydrogen-bond acceptors (Lipinski definition) is 4. The maximum absolute atomic E-state index is 12.7. The molecule has 0 radical (unpaired) electrons. The van der Waals surface area contributed by atoms with Gasteiger partial charge in [0.05, 0.1) is 18.7 Å². The topological polar surface area (TPSA) is 96.5 Å². The van der Waals surface area contributed by atoms with Gasteiger partial charge in [0.1, 0.15) is 11.8 Å². The zero-order valence-corrected chi connectivity index (χ0v) is 19.7. The van der Waals surface area contributed by atoms with E-state index in [-0.39, 0.29) is 18.4 Å². The molecule has 0 spiro atoms. The smallest absolute Gasteiger partial charge is 0.255 e. The quantitative estimate of drug-likeness (QED) is 0.500. The summed E-state index contributed by atoms with van der Waals surface area (Å²) >= 11 is 3.38. The fourth-order valence-electron chi connectivity index (χ4n) is 2.93. The average molecular weight is 490 g/mol. The normalized spacial score (nSPS) is 11.5. The highest BCUT2D eigenvalue weighted by atomic mass is 79.9. The van der Waals surface area contributed by atoms with Crippen LogP contribution in [0.2, 0.25) is 0 Å². The van der Waals surface area contributed by atoms with Crippen LogP contribution in [0.4, 0.5) is 5.69 Å². The summed E-state index contributed by atoms with van der Waals surface area (Å²) in [6.45, 7) is 7.58. The van der Waals surface area contributed by atoms with Crippen LogP contribution in [0.15, 0.2) is 46.9 Å². The van der Waals surface area contributed by atoms with Crippen LogP contribution in [0.1, 0.15) is 36.7 Å². The highest BCUT2D eigenvalue weighted by molar-refractivity contribution is 9.10. The number of benzene rings is 2. The Bertz CT molecular complexity index is 946. The summed E-state index contributed by atoms with van der Waals surface area (Å²) in [5.74, 6) is -0.920. The zero-order chi connectivity index (χ0) is 23.0. The highest BCUT2D eigenvalue weighted by Crippen LogP contribution is 2.20. The molecule has 0 aliphatic rings. The van der Waals surface area contributed by atoms with Gasteiger partial charge in [-0.1, -0.05) is 41.9 Å². The van der Waals surface area contributed by atoms with E-state index in [2.05, 4.69) is 31.9 Å². The minimum atomic E-state index is -0.801. The molecule has 1 atom stereocenters. The molecule has 0 aliphatic carbocycles. The monoisotopic (exact) mass is 489 g/mol. The van der Waals surface area contributed by atoms with E-state index < -0.39 is 17.9 Å². The average Bonchev–Trinajstić information content (AvgIpc) is 2.72. The Morgan fingerprint density at radius 3 is 2.45 bits per heavy atom. The van der Waals surface area contributed by atoms with Crippen molar-refractivity contribution in [2.45, 2.75) is 33.7 Å². The summed E-state index contributed by atoms with van der Waals surface area (Å²) in [4.78, 5) is 37.7. The van der Waals surface area contributed by atoms with Gasteiger partial charge in [-0.05, 0) is 55.7 Å². The van der Waals surface area contributed by atoms with Gasteiger partial charge in [-0.15, -0.1) is 0 Å². The Morgan fingerprint density at radius 2 is 1.81 bits per heavy atom. The largest absolute Gasteiger partial charge is 0.493 e. The van der Waals surface area contributed by atoms with Crippen molar-refractivity contribution in [2.24, 2.45) is 5.92 Å². The third-order valence-corrected chi connectivity index (χ3v) is 5.05. The number of aryl methyl sites for hydroxylation is 1. The fourth-order valence-corrected chi connectivity index (χ4v) is 3.40. The van der Waals surface area contributed by atoms with Crippen LogP contribution < -0.4 is 20.7 Å². The molecular formula is C23H28BrN3O4. The first-order chi connectivity index (χ1) is 14.7. The molecule has 166 valence electrons. The maximum atomic E-state index is 12.7. The van der Waals surface area contributed by atoms with Crippen LogP contribution in [0.5, 0.6) is 5.75 Å². The van der Waals surface area contributed by atoms with Crippen LogP contribution in [-0.4, -0.2) is 36.9 Å². The number of ether oxygens (including phenoxy) is 1. The third kappa shape index (κ3) is 7.10. The van der Waals surface area contributed by atoms with E-state index in [1.807, 2.05) is 39.8 Å². The number of hydrogen-bond donors (Lipinski definition) is 3. The van der Waals surface area contributed by atoms with Gasteiger partial charge in [-0.25, -0.2) is 0 Å². The lowest BCUT2D eigenvalue weighted by atomic mass is 10.0. The third-order valence-electron chi connectivity index (χ3n) is 4.55. The number of carbonyl (C=O) groups excluding carboxylic acids is 3. The Morgan fingerprint density at radius 1 is 1.10 bits per heavy atom. The number of nitrogens with one attached hydrogen (secondary N) is 3. The summed E-state index contributed by atoms with van der Waals surface area (Å²) in [6, 6.07) is 11.6. The number of anilines is 1. The van der Waals surface area contributed by atoms with Crippen molar-refractivity contribution in [2.75, 3.05) is 18.5 Å². The number of amides is 3. The molecule has 3 N–H and O–H groups in total. The Kier molecular flexibility index (Phi) is 9.05. The van der Waals surface area contributed by atoms with Crippen molar-refractivity contribution in [3.8, 4) is 5.75 Å². The van der Waals surface area contributed by atoms with Crippen molar-refractivity contribution >= 4 is 39.3 Å². The first-order valence-corrected chi connectivity index (χ1v) is 10.9. The van der Waals surface area contributed by atoms with E-state index in [1.165, 1.54) is 0 Å². The van der Waals surface area contributed by atoms with Gasteiger partial charge in [0, 0.05) is 10.2 Å². The number of halogens is 1. The van der Waals surface area contributed by atoms with E-state index in [1.54, 1.807) is 30.3 Å². The molecule has 31 heavy (non-hydrogen) atoms. The molecular weight excluding hydrogens is 462 g/mol. The van der Waals surface area contributed by atoms with Gasteiger partial charge < -0.3 is 20.7 Å². The second kappa shape index (κ2) is 11.5. The predicted molar refractivity (Wildman–Crippen MR) is 124 cm³/mol. The van der Waals surface area contributed by atoms with Crippen LogP contribution in [0, 0.1) is 12.8 Å². The molecule has 0 heterocycles. The van der Waals surface area contributed by atoms with Gasteiger partial charge in [0.2, 0.25) is 11.8 Å². The van der Waals surface area contributed by atoms with Crippen molar-refractivity contribution in [1.82, 2.24) is 10.6 Å². The Labute approximate surface area is 191 Å². The van der Waals surface area contributed by atoms with Gasteiger partial charge in [0.25, 0.3) is 5.91 Å². The first kappa shape index (κ1) is 24.4. The van der Waals surface area contributed by atoms with Crippen molar-refractivity contribution < 1.29 is 19.1 Å². The zero-order valence-electron chi connectivity index (χ0n) is 18.1. The standard InChI is InChI=1S/C23H28BrN3O4/c1-5-31-19-9-7-6-8-17(19)22(29)27-21(14(2)3)23(30)25-13-20(28)26-18-11-10-16(24)12-15(18)4/h6-12,14,21H,5,13H2,1-4H3,(H,25,30)(H,26,28)(H,27,29)/t21-/m0/s1. The molecule has 0 bridgehead atoms. The number of carbonyl (C=O) groups is 3. The highest BCUT2D eigenvalue weighted by Gasteiger charge is 2.26. The molecule has 2 rings (SSSR count). The van der Waals surface area contributed by atoms with Crippen molar-refractivity contribution in [1.29, 1.82) is 0 Å². The molecule has 7 nitrogen and oxygen atoms in total.